The molecule has 116 valence electrons. The lowest BCUT2D eigenvalue weighted by molar-refractivity contribution is -0.910. The molecule has 0 spiro atoms. The maximum atomic E-state index is 12.2. The van der Waals surface area contributed by atoms with Crippen LogP contribution in [-0.4, -0.2) is 19.0 Å². The summed E-state index contributed by atoms with van der Waals surface area (Å²) in [5, 5.41) is 5.81. The van der Waals surface area contributed by atoms with Crippen molar-refractivity contribution < 1.29 is 9.69 Å². The van der Waals surface area contributed by atoms with Crippen LogP contribution in [0.15, 0.2) is 41.8 Å². The van der Waals surface area contributed by atoms with Crippen LogP contribution in [0, 0.1) is 0 Å². The summed E-state index contributed by atoms with van der Waals surface area (Å²) in [6.45, 7) is 2.10. The van der Waals surface area contributed by atoms with Crippen molar-refractivity contribution in [2.45, 2.75) is 25.4 Å². The van der Waals surface area contributed by atoms with Crippen molar-refractivity contribution in [3.8, 4) is 0 Å². The van der Waals surface area contributed by atoms with Crippen LogP contribution < -0.4 is 10.2 Å². The number of thiophene rings is 1. The van der Waals surface area contributed by atoms with Crippen LogP contribution in [-0.2, 0) is 11.3 Å². The number of hydrogen-bond acceptors (Lipinski definition) is 2. The highest BCUT2D eigenvalue weighted by Gasteiger charge is 2.32. The lowest BCUT2D eigenvalue weighted by Gasteiger charge is -2.20. The molecule has 22 heavy (non-hydrogen) atoms. The number of benzene rings is 1. The zero-order valence-corrected chi connectivity index (χ0v) is 13.9. The number of rotatable bonds is 5. The maximum Gasteiger partial charge on any atom is 0.275 e. The number of quaternary nitrogens is 1. The van der Waals surface area contributed by atoms with Gasteiger partial charge in [-0.3, -0.25) is 4.79 Å². The molecule has 1 amide bonds. The second kappa shape index (κ2) is 7.27. The van der Waals surface area contributed by atoms with Gasteiger partial charge in [-0.1, -0.05) is 35.9 Å². The van der Waals surface area contributed by atoms with Crippen LogP contribution in [0.2, 0.25) is 5.02 Å². The van der Waals surface area contributed by atoms with Gasteiger partial charge in [0.2, 0.25) is 0 Å². The summed E-state index contributed by atoms with van der Waals surface area (Å²) < 4.78 is 0. The molecule has 3 nitrogen and oxygen atoms in total. The third kappa shape index (κ3) is 3.69. The Labute approximate surface area is 139 Å². The summed E-state index contributed by atoms with van der Waals surface area (Å²) >= 11 is 7.91. The Morgan fingerprint density at radius 1 is 1.32 bits per heavy atom. The van der Waals surface area contributed by atoms with E-state index in [1.807, 2.05) is 24.3 Å². The van der Waals surface area contributed by atoms with E-state index < -0.39 is 0 Å². The number of carbonyl (C=O) groups is 1. The van der Waals surface area contributed by atoms with Gasteiger partial charge < -0.3 is 10.2 Å². The highest BCUT2D eigenvalue weighted by molar-refractivity contribution is 7.10. The second-order valence-corrected chi connectivity index (χ2v) is 7.05. The van der Waals surface area contributed by atoms with Gasteiger partial charge in [-0.15, -0.1) is 11.3 Å². The van der Waals surface area contributed by atoms with E-state index in [0.29, 0.717) is 24.2 Å². The first-order valence-corrected chi connectivity index (χ1v) is 8.88. The van der Waals surface area contributed by atoms with E-state index in [4.69, 9.17) is 11.6 Å². The number of hydrogen-bond donors (Lipinski definition) is 2. The molecule has 1 aromatic carbocycles. The zero-order valence-electron chi connectivity index (χ0n) is 12.3. The van der Waals surface area contributed by atoms with E-state index in [1.54, 1.807) is 11.3 Å². The third-order valence-electron chi connectivity index (χ3n) is 4.19. The maximum absolute atomic E-state index is 12.2. The minimum atomic E-state index is 0.0957. The molecule has 0 radical (unpaired) electrons. The third-order valence-corrected chi connectivity index (χ3v) is 5.55. The molecule has 2 N–H and O–H groups in total. The molecule has 0 aliphatic carbocycles. The van der Waals surface area contributed by atoms with Crippen LogP contribution in [0.1, 0.15) is 29.3 Å². The Hall–Kier alpha value is -1.36. The van der Waals surface area contributed by atoms with Crippen molar-refractivity contribution in [1.82, 2.24) is 5.32 Å². The molecule has 1 fully saturated rings. The first kappa shape index (κ1) is 15.5. The molecular formula is C17H20ClN2OS+. The summed E-state index contributed by atoms with van der Waals surface area (Å²) in [4.78, 5) is 15.0. The fourth-order valence-electron chi connectivity index (χ4n) is 3.06. The van der Waals surface area contributed by atoms with E-state index in [2.05, 4.69) is 22.8 Å². The van der Waals surface area contributed by atoms with Crippen LogP contribution in [0.25, 0.3) is 0 Å². The summed E-state index contributed by atoms with van der Waals surface area (Å²) in [6.07, 6.45) is 2.36. The monoisotopic (exact) mass is 335 g/mol. The number of carbonyl (C=O) groups excluding carboxylic acids is 1. The van der Waals surface area contributed by atoms with Gasteiger partial charge in [0, 0.05) is 24.4 Å². The molecule has 0 saturated carbocycles. The van der Waals surface area contributed by atoms with Crippen LogP contribution in [0.5, 0.6) is 0 Å². The summed E-state index contributed by atoms with van der Waals surface area (Å²) in [5.41, 5.74) is 0.962. The zero-order chi connectivity index (χ0) is 15.4. The molecule has 2 atom stereocenters. The number of likely N-dealkylation sites (tertiary alicyclic amines) is 1. The Morgan fingerprint density at radius 2 is 2.18 bits per heavy atom. The first-order chi connectivity index (χ1) is 10.7. The second-order valence-electron chi connectivity index (χ2n) is 5.66. The Morgan fingerprint density at radius 3 is 2.95 bits per heavy atom. The van der Waals surface area contributed by atoms with Crippen molar-refractivity contribution in [1.29, 1.82) is 0 Å². The van der Waals surface area contributed by atoms with Gasteiger partial charge in [0.25, 0.3) is 5.91 Å². The number of amides is 1. The highest BCUT2D eigenvalue weighted by atomic mass is 35.5. The van der Waals surface area contributed by atoms with Crippen LogP contribution in [0.4, 0.5) is 0 Å². The van der Waals surface area contributed by atoms with Crippen molar-refractivity contribution >= 4 is 28.8 Å². The normalized spacial score (nSPS) is 21.0. The van der Waals surface area contributed by atoms with Gasteiger partial charge in [0.05, 0.1) is 11.4 Å². The Kier molecular flexibility index (Phi) is 5.13. The van der Waals surface area contributed by atoms with Gasteiger partial charge >= 0.3 is 0 Å². The van der Waals surface area contributed by atoms with Gasteiger partial charge in [-0.05, 0) is 23.1 Å². The molecule has 2 heterocycles. The van der Waals surface area contributed by atoms with Gasteiger partial charge in [0.1, 0.15) is 6.04 Å². The summed E-state index contributed by atoms with van der Waals surface area (Å²) in [6, 6.07) is 12.4. The van der Waals surface area contributed by atoms with E-state index in [9.17, 15) is 4.79 Å². The fraction of sp³-hybridized carbons (Fsp3) is 0.353. The SMILES string of the molecule is O=C(C[NH+]1CCC[C@H]1c1cccs1)NCc1ccccc1Cl. The fourth-order valence-corrected chi connectivity index (χ4v) is 4.18. The van der Waals surface area contributed by atoms with Crippen molar-refractivity contribution in [2.24, 2.45) is 0 Å². The van der Waals surface area contributed by atoms with Gasteiger partial charge in [-0.25, -0.2) is 0 Å². The minimum absolute atomic E-state index is 0.0957. The van der Waals surface area contributed by atoms with E-state index in [1.165, 1.54) is 22.6 Å². The molecule has 1 unspecified atom stereocenters. The lowest BCUT2D eigenvalue weighted by atomic mass is 10.2. The smallest absolute Gasteiger partial charge is 0.275 e. The predicted molar refractivity (Wildman–Crippen MR) is 90.3 cm³/mol. The molecule has 0 bridgehead atoms. The molecule has 2 aromatic rings. The standard InChI is InChI=1S/C17H19ClN2OS/c18-14-6-2-1-5-13(14)11-19-17(21)12-20-9-3-7-15(20)16-8-4-10-22-16/h1-2,4-6,8,10,15H,3,7,9,11-12H2,(H,19,21)/p+1/t15-/m0/s1. The van der Waals surface area contributed by atoms with Crippen molar-refractivity contribution in [2.75, 3.05) is 13.1 Å². The topological polar surface area (TPSA) is 33.5 Å². The average molecular weight is 336 g/mol. The Bertz CT molecular complexity index is 629. The van der Waals surface area contributed by atoms with Crippen LogP contribution >= 0.6 is 22.9 Å². The number of nitrogens with one attached hydrogen (secondary N) is 2. The van der Waals surface area contributed by atoms with Crippen LogP contribution in [0.3, 0.4) is 0 Å². The molecule has 5 heteroatoms. The lowest BCUT2D eigenvalue weighted by Crippen LogP contribution is -3.11. The van der Waals surface area contributed by atoms with E-state index in [-0.39, 0.29) is 5.91 Å². The molecule has 1 saturated heterocycles. The highest BCUT2D eigenvalue weighted by Crippen LogP contribution is 2.23. The Balaban J connectivity index is 1.54. The van der Waals surface area contributed by atoms with E-state index >= 15 is 0 Å². The van der Waals surface area contributed by atoms with Gasteiger partial charge in [0.15, 0.2) is 6.54 Å². The molecule has 1 aromatic heterocycles. The largest absolute Gasteiger partial charge is 0.347 e. The predicted octanol–water partition coefficient (Wildman–Crippen LogP) is 2.44. The first-order valence-electron chi connectivity index (χ1n) is 7.62. The van der Waals surface area contributed by atoms with Crippen molar-refractivity contribution in [3.05, 3.63) is 57.2 Å². The molecule has 1 aliphatic heterocycles. The number of halogens is 1. The van der Waals surface area contributed by atoms with Gasteiger partial charge in [-0.2, -0.15) is 0 Å². The molecule has 1 aliphatic rings. The molecular weight excluding hydrogens is 316 g/mol. The summed E-state index contributed by atoms with van der Waals surface area (Å²) in [5.74, 6) is 0.0957. The molecule has 3 rings (SSSR count). The van der Waals surface area contributed by atoms with Crippen molar-refractivity contribution in [3.63, 3.8) is 0 Å². The quantitative estimate of drug-likeness (QED) is 0.864. The van der Waals surface area contributed by atoms with E-state index in [0.717, 1.165) is 12.1 Å². The minimum Gasteiger partial charge on any atom is -0.347 e. The summed E-state index contributed by atoms with van der Waals surface area (Å²) in [7, 11) is 0. The average Bonchev–Trinajstić information content (AvgIpc) is 3.17.